The molecule has 17 heavy (non-hydrogen) atoms. The van der Waals surface area contributed by atoms with Crippen molar-refractivity contribution in [1.82, 2.24) is 4.98 Å². The van der Waals surface area contributed by atoms with Gasteiger partial charge in [-0.05, 0) is 13.3 Å². The summed E-state index contributed by atoms with van der Waals surface area (Å²) in [6.45, 7) is 5.95. The van der Waals surface area contributed by atoms with Crippen LogP contribution in [0, 0.1) is 12.8 Å². The van der Waals surface area contributed by atoms with Gasteiger partial charge >= 0.3 is 6.01 Å². The number of nitrogens with zero attached hydrogens (tertiary/aromatic N) is 1. The number of nitrogens with one attached hydrogen (secondary N) is 1. The van der Waals surface area contributed by atoms with Crippen LogP contribution < -0.4 is 5.32 Å². The zero-order valence-electron chi connectivity index (χ0n) is 11.0. The molecule has 0 fully saturated rings. The lowest BCUT2D eigenvalue weighted by Crippen LogP contribution is -2.20. The number of rotatable bonds is 7. The highest BCUT2D eigenvalue weighted by Crippen LogP contribution is 2.13. The first kappa shape index (κ1) is 13.7. The quantitative estimate of drug-likeness (QED) is 0.739. The average molecular weight is 238 g/mol. The highest BCUT2D eigenvalue weighted by atomic mass is 16.4. The fourth-order valence-electron chi connectivity index (χ4n) is 1.65. The third kappa shape index (κ3) is 5.02. The van der Waals surface area contributed by atoms with Gasteiger partial charge < -0.3 is 4.42 Å². The van der Waals surface area contributed by atoms with Crippen LogP contribution in [0.5, 0.6) is 0 Å². The number of aryl methyl sites for hydroxylation is 1. The van der Waals surface area contributed by atoms with Crippen molar-refractivity contribution in [3.63, 3.8) is 0 Å². The fourth-order valence-corrected chi connectivity index (χ4v) is 1.65. The molecule has 0 radical (unpaired) electrons. The molecule has 1 heterocycles. The smallest absolute Gasteiger partial charge is 0.301 e. The molecule has 4 heteroatoms. The summed E-state index contributed by atoms with van der Waals surface area (Å²) in [5, 5.41) is 2.69. The molecule has 0 aliphatic carbocycles. The molecule has 1 atom stereocenters. The first-order valence-corrected chi connectivity index (χ1v) is 6.36. The van der Waals surface area contributed by atoms with Crippen molar-refractivity contribution in [2.24, 2.45) is 5.92 Å². The van der Waals surface area contributed by atoms with E-state index in [1.165, 1.54) is 25.5 Å². The number of hydrogen-bond acceptors (Lipinski definition) is 3. The Morgan fingerprint density at radius 2 is 2.24 bits per heavy atom. The summed E-state index contributed by atoms with van der Waals surface area (Å²) < 4.78 is 5.09. The standard InChI is InChI=1S/C13H22N2O2/c1-4-5-6-7-8-10(2)12(16)15-13-14-11(3)9-17-13/h9-10H,4-8H2,1-3H3,(H,14,15,16). The number of aromatic nitrogens is 1. The number of oxazole rings is 1. The van der Waals surface area contributed by atoms with Gasteiger partial charge in [0.05, 0.1) is 5.69 Å². The summed E-state index contributed by atoms with van der Waals surface area (Å²) in [6.07, 6.45) is 7.22. The predicted molar refractivity (Wildman–Crippen MR) is 67.8 cm³/mol. The third-order valence-corrected chi connectivity index (χ3v) is 2.79. The van der Waals surface area contributed by atoms with Gasteiger partial charge in [-0.1, -0.05) is 39.5 Å². The summed E-state index contributed by atoms with van der Waals surface area (Å²) in [5.41, 5.74) is 0.774. The molecule has 0 saturated carbocycles. The molecule has 1 rings (SSSR count). The highest BCUT2D eigenvalue weighted by Gasteiger charge is 2.14. The van der Waals surface area contributed by atoms with Gasteiger partial charge in [0.2, 0.25) is 5.91 Å². The Bertz CT molecular complexity index is 347. The monoisotopic (exact) mass is 238 g/mol. The molecule has 0 saturated heterocycles. The van der Waals surface area contributed by atoms with Crippen LogP contribution in [0.4, 0.5) is 6.01 Å². The van der Waals surface area contributed by atoms with Crippen LogP contribution in [0.2, 0.25) is 0 Å². The Hall–Kier alpha value is -1.32. The van der Waals surface area contributed by atoms with Crippen molar-refractivity contribution in [2.75, 3.05) is 5.32 Å². The van der Waals surface area contributed by atoms with Crippen molar-refractivity contribution in [3.8, 4) is 0 Å². The van der Waals surface area contributed by atoms with E-state index < -0.39 is 0 Å². The minimum Gasteiger partial charge on any atom is -0.432 e. The Morgan fingerprint density at radius 3 is 2.82 bits per heavy atom. The molecule has 1 aromatic heterocycles. The van der Waals surface area contributed by atoms with Crippen LogP contribution in [0.15, 0.2) is 10.7 Å². The summed E-state index contributed by atoms with van der Waals surface area (Å²) >= 11 is 0. The van der Waals surface area contributed by atoms with E-state index in [0.29, 0.717) is 6.01 Å². The lowest BCUT2D eigenvalue weighted by Gasteiger charge is -2.09. The summed E-state index contributed by atoms with van der Waals surface area (Å²) in [7, 11) is 0. The zero-order valence-corrected chi connectivity index (χ0v) is 11.0. The number of carbonyl (C=O) groups is 1. The van der Waals surface area contributed by atoms with Crippen LogP contribution in [-0.2, 0) is 4.79 Å². The van der Waals surface area contributed by atoms with Crippen molar-refractivity contribution in [2.45, 2.75) is 52.9 Å². The molecule has 1 amide bonds. The van der Waals surface area contributed by atoms with Gasteiger partial charge in [-0.2, -0.15) is 4.98 Å². The minimum atomic E-state index is -0.0108. The molecular formula is C13H22N2O2. The molecule has 4 nitrogen and oxygen atoms in total. The van der Waals surface area contributed by atoms with Crippen LogP contribution >= 0.6 is 0 Å². The first-order chi connectivity index (χ1) is 8.13. The van der Waals surface area contributed by atoms with Crippen LogP contribution in [0.3, 0.4) is 0 Å². The van der Waals surface area contributed by atoms with Gasteiger partial charge in [0.25, 0.3) is 0 Å². The normalized spacial score (nSPS) is 12.4. The number of carbonyl (C=O) groups excluding carboxylic acids is 1. The molecule has 1 aromatic rings. The molecule has 1 N–H and O–H groups in total. The molecule has 0 aromatic carbocycles. The lowest BCUT2D eigenvalue weighted by molar-refractivity contribution is -0.119. The SMILES string of the molecule is CCCCCCC(C)C(=O)Nc1nc(C)co1. The third-order valence-electron chi connectivity index (χ3n) is 2.79. The van der Waals surface area contributed by atoms with Gasteiger partial charge in [0.15, 0.2) is 0 Å². The summed E-state index contributed by atoms with van der Waals surface area (Å²) in [5.74, 6) is 0.00223. The Balaban J connectivity index is 2.27. The maximum absolute atomic E-state index is 11.8. The minimum absolute atomic E-state index is 0.0108. The highest BCUT2D eigenvalue weighted by molar-refractivity contribution is 5.90. The molecular weight excluding hydrogens is 216 g/mol. The molecule has 0 spiro atoms. The van der Waals surface area contributed by atoms with E-state index in [1.54, 1.807) is 0 Å². The van der Waals surface area contributed by atoms with Crippen molar-refractivity contribution < 1.29 is 9.21 Å². The Labute approximate surface area is 103 Å². The second-order valence-corrected chi connectivity index (χ2v) is 4.53. The number of anilines is 1. The fraction of sp³-hybridized carbons (Fsp3) is 0.692. The van der Waals surface area contributed by atoms with Gasteiger partial charge in [0.1, 0.15) is 6.26 Å². The van der Waals surface area contributed by atoms with E-state index in [2.05, 4.69) is 17.2 Å². The van der Waals surface area contributed by atoms with E-state index in [0.717, 1.165) is 18.5 Å². The Morgan fingerprint density at radius 1 is 1.47 bits per heavy atom. The summed E-state index contributed by atoms with van der Waals surface area (Å²) in [4.78, 5) is 15.8. The van der Waals surface area contributed by atoms with E-state index in [1.807, 2.05) is 13.8 Å². The van der Waals surface area contributed by atoms with Crippen molar-refractivity contribution in [3.05, 3.63) is 12.0 Å². The predicted octanol–water partition coefficient (Wildman–Crippen LogP) is 3.53. The van der Waals surface area contributed by atoms with Crippen molar-refractivity contribution in [1.29, 1.82) is 0 Å². The maximum atomic E-state index is 11.8. The zero-order chi connectivity index (χ0) is 12.7. The van der Waals surface area contributed by atoms with E-state index in [-0.39, 0.29) is 11.8 Å². The van der Waals surface area contributed by atoms with Gasteiger partial charge in [-0.3, -0.25) is 10.1 Å². The average Bonchev–Trinajstić information content (AvgIpc) is 2.70. The molecule has 0 bridgehead atoms. The molecule has 0 aliphatic heterocycles. The second kappa shape index (κ2) is 7.09. The van der Waals surface area contributed by atoms with E-state index in [9.17, 15) is 4.79 Å². The lowest BCUT2D eigenvalue weighted by atomic mass is 10.0. The largest absolute Gasteiger partial charge is 0.432 e. The molecule has 1 unspecified atom stereocenters. The first-order valence-electron chi connectivity index (χ1n) is 6.36. The van der Waals surface area contributed by atoms with Crippen LogP contribution in [-0.4, -0.2) is 10.9 Å². The topological polar surface area (TPSA) is 55.1 Å². The Kier molecular flexibility index (Phi) is 5.73. The maximum Gasteiger partial charge on any atom is 0.301 e. The second-order valence-electron chi connectivity index (χ2n) is 4.53. The van der Waals surface area contributed by atoms with Crippen LogP contribution in [0.1, 0.15) is 51.6 Å². The van der Waals surface area contributed by atoms with E-state index >= 15 is 0 Å². The van der Waals surface area contributed by atoms with Gasteiger partial charge in [-0.15, -0.1) is 0 Å². The number of unbranched alkanes of at least 4 members (excludes halogenated alkanes) is 3. The van der Waals surface area contributed by atoms with Gasteiger partial charge in [0, 0.05) is 5.92 Å². The van der Waals surface area contributed by atoms with Crippen LogP contribution in [0.25, 0.3) is 0 Å². The van der Waals surface area contributed by atoms with Crippen molar-refractivity contribution >= 4 is 11.9 Å². The summed E-state index contributed by atoms with van der Waals surface area (Å²) in [6, 6.07) is 0.299. The number of hydrogen-bond donors (Lipinski definition) is 1. The molecule has 0 aliphatic rings. The van der Waals surface area contributed by atoms with Gasteiger partial charge in [-0.25, -0.2) is 0 Å². The number of amides is 1. The molecule has 96 valence electrons. The van der Waals surface area contributed by atoms with E-state index in [4.69, 9.17) is 4.42 Å².